The summed E-state index contributed by atoms with van der Waals surface area (Å²) in [6.45, 7) is 5.16. The fourth-order valence-corrected chi connectivity index (χ4v) is 5.68. The molecule has 1 atom stereocenters. The molecule has 1 amide bonds. The van der Waals surface area contributed by atoms with Crippen LogP contribution in [0.2, 0.25) is 0 Å². The third-order valence-electron chi connectivity index (χ3n) is 7.92. The van der Waals surface area contributed by atoms with E-state index < -0.39 is 0 Å². The van der Waals surface area contributed by atoms with Gasteiger partial charge in [-0.25, -0.2) is 24.5 Å². The van der Waals surface area contributed by atoms with E-state index >= 15 is 0 Å². The molecule has 5 aromatic rings. The predicted molar refractivity (Wildman–Crippen MR) is 170 cm³/mol. The van der Waals surface area contributed by atoms with Crippen LogP contribution in [0.25, 0.3) is 16.7 Å². The van der Waals surface area contributed by atoms with Crippen LogP contribution in [0.15, 0.2) is 67.4 Å². The quantitative estimate of drug-likeness (QED) is 0.272. The van der Waals surface area contributed by atoms with Crippen LogP contribution in [-0.2, 0) is 4.79 Å². The molecule has 13 heteroatoms. The number of amides is 1. The lowest BCUT2D eigenvalue weighted by Gasteiger charge is -2.28. The number of aromatic nitrogens is 6. The molecule has 2 aliphatic rings. The zero-order chi connectivity index (χ0) is 30.9. The van der Waals surface area contributed by atoms with Crippen LogP contribution in [0.1, 0.15) is 12.0 Å². The van der Waals surface area contributed by atoms with Crippen molar-refractivity contribution < 1.29 is 14.3 Å². The number of benzene rings is 1. The first-order valence-electron chi connectivity index (χ1n) is 14.9. The van der Waals surface area contributed by atoms with Gasteiger partial charge >= 0.3 is 0 Å². The molecular weight excluding hydrogens is 572 g/mol. The topological polar surface area (TPSA) is 126 Å². The molecule has 45 heavy (non-hydrogen) atoms. The van der Waals surface area contributed by atoms with Gasteiger partial charge in [-0.05, 0) is 57.3 Å². The molecule has 1 N–H and O–H groups in total. The summed E-state index contributed by atoms with van der Waals surface area (Å²) < 4.78 is 14.1. The van der Waals surface area contributed by atoms with Crippen LogP contribution in [0, 0.1) is 6.92 Å². The van der Waals surface area contributed by atoms with Crippen LogP contribution >= 0.6 is 0 Å². The Morgan fingerprint density at radius 3 is 2.91 bits per heavy atom. The first-order chi connectivity index (χ1) is 21.9. The number of anilines is 3. The molecule has 13 nitrogen and oxygen atoms in total. The number of ether oxygens (including phenoxy) is 2. The number of fused-ring (bicyclic) bond motifs is 6. The Labute approximate surface area is 260 Å². The molecule has 1 fully saturated rings. The molecule has 4 aromatic heterocycles. The number of rotatable bonds is 7. The van der Waals surface area contributed by atoms with Gasteiger partial charge in [-0.3, -0.25) is 4.79 Å². The zero-order valence-electron chi connectivity index (χ0n) is 25.4. The molecule has 7 rings (SSSR count). The summed E-state index contributed by atoms with van der Waals surface area (Å²) in [6.07, 6.45) is 9.25. The van der Waals surface area contributed by atoms with E-state index in [4.69, 9.17) is 14.5 Å². The minimum atomic E-state index is -0.0907. The van der Waals surface area contributed by atoms with Crippen LogP contribution in [-0.4, -0.2) is 98.2 Å². The highest BCUT2D eigenvalue weighted by molar-refractivity contribution is 5.90. The molecule has 1 aromatic carbocycles. The van der Waals surface area contributed by atoms with Gasteiger partial charge in [0.05, 0.1) is 11.6 Å². The highest BCUT2D eigenvalue weighted by atomic mass is 16.5. The number of carbonyl (C=O) groups excluding carboxylic acids is 1. The fraction of sp³-hybridized carbons (Fsp3) is 0.312. The first kappa shape index (κ1) is 28.5. The maximum atomic E-state index is 13.1. The molecule has 1 saturated heterocycles. The Balaban J connectivity index is 1.12. The average Bonchev–Trinajstić information content (AvgIpc) is 3.29. The molecule has 0 aliphatic carbocycles. The molecule has 2 bridgehead atoms. The van der Waals surface area contributed by atoms with Gasteiger partial charge in [-0.2, -0.15) is 5.10 Å². The lowest BCUT2D eigenvalue weighted by Crippen LogP contribution is -2.46. The summed E-state index contributed by atoms with van der Waals surface area (Å²) in [5.41, 5.74) is 3.81. The van der Waals surface area contributed by atoms with E-state index in [1.165, 1.54) is 12.7 Å². The largest absolute Gasteiger partial charge is 0.487 e. The van der Waals surface area contributed by atoms with Crippen LogP contribution in [0.5, 0.6) is 17.2 Å². The fourth-order valence-electron chi connectivity index (χ4n) is 5.68. The second-order valence-electron chi connectivity index (χ2n) is 11.5. The third kappa shape index (κ3) is 5.94. The van der Waals surface area contributed by atoms with Crippen molar-refractivity contribution in [2.45, 2.75) is 19.4 Å². The van der Waals surface area contributed by atoms with E-state index in [2.05, 4.69) is 30.3 Å². The van der Waals surface area contributed by atoms with Gasteiger partial charge in [0.15, 0.2) is 23.0 Å². The molecule has 0 unspecified atom stereocenters. The summed E-state index contributed by atoms with van der Waals surface area (Å²) in [6, 6.07) is 11.4. The summed E-state index contributed by atoms with van der Waals surface area (Å²) in [5.74, 6) is 3.41. The molecule has 0 saturated carbocycles. The van der Waals surface area contributed by atoms with Gasteiger partial charge in [0.25, 0.3) is 0 Å². The lowest BCUT2D eigenvalue weighted by molar-refractivity contribution is -0.128. The molecule has 230 valence electrons. The van der Waals surface area contributed by atoms with Crippen molar-refractivity contribution >= 4 is 39.9 Å². The second-order valence-corrected chi connectivity index (χ2v) is 11.5. The van der Waals surface area contributed by atoms with E-state index in [0.29, 0.717) is 60.2 Å². The number of hydrogen-bond donors (Lipinski definition) is 1. The van der Waals surface area contributed by atoms with Gasteiger partial charge in [-0.1, -0.05) is 6.08 Å². The molecule has 2 aliphatic heterocycles. The Morgan fingerprint density at radius 2 is 2.04 bits per heavy atom. The number of aryl methyl sites for hydroxylation is 1. The Morgan fingerprint density at radius 1 is 1.13 bits per heavy atom. The van der Waals surface area contributed by atoms with E-state index in [1.54, 1.807) is 10.6 Å². The van der Waals surface area contributed by atoms with Crippen LogP contribution < -0.4 is 19.7 Å². The van der Waals surface area contributed by atoms with Gasteiger partial charge in [0.2, 0.25) is 5.91 Å². The van der Waals surface area contributed by atoms with E-state index in [1.807, 2.05) is 79.5 Å². The van der Waals surface area contributed by atoms with Crippen LogP contribution in [0.4, 0.5) is 17.3 Å². The highest BCUT2D eigenvalue weighted by Gasteiger charge is 2.33. The summed E-state index contributed by atoms with van der Waals surface area (Å²) in [4.78, 5) is 37.5. The Hall–Kier alpha value is -5.30. The summed E-state index contributed by atoms with van der Waals surface area (Å²) in [7, 11) is 3.96. The molecule has 6 heterocycles. The van der Waals surface area contributed by atoms with Crippen molar-refractivity contribution in [3.63, 3.8) is 0 Å². The normalized spacial score (nSPS) is 16.5. The average molecular weight is 607 g/mol. The van der Waals surface area contributed by atoms with E-state index in [0.717, 1.165) is 35.8 Å². The smallest absolute Gasteiger partial charge is 0.246 e. The maximum Gasteiger partial charge on any atom is 0.246 e. The third-order valence-corrected chi connectivity index (χ3v) is 7.92. The maximum absolute atomic E-state index is 13.1. The Bertz CT molecular complexity index is 1910. The Kier molecular flexibility index (Phi) is 7.59. The zero-order valence-corrected chi connectivity index (χ0v) is 25.4. The molecule has 0 spiro atoms. The number of hydrogen-bond acceptors (Lipinski definition) is 11. The van der Waals surface area contributed by atoms with Crippen molar-refractivity contribution in [3.05, 3.63) is 73.0 Å². The minimum absolute atomic E-state index is 0.0110. The van der Waals surface area contributed by atoms with Crippen molar-refractivity contribution in [2.24, 2.45) is 0 Å². The van der Waals surface area contributed by atoms with E-state index in [-0.39, 0.29) is 11.9 Å². The van der Waals surface area contributed by atoms with Gasteiger partial charge in [0, 0.05) is 56.3 Å². The number of likely N-dealkylation sites (N-methyl/N-ethyl adjacent to an activating group) is 1. The van der Waals surface area contributed by atoms with Crippen molar-refractivity contribution in [1.82, 2.24) is 39.3 Å². The number of pyridine rings is 2. The van der Waals surface area contributed by atoms with Crippen molar-refractivity contribution in [2.75, 3.05) is 57.1 Å². The molecular formula is C32H34N10O3. The number of nitrogens with one attached hydrogen (secondary N) is 1. The van der Waals surface area contributed by atoms with Crippen LogP contribution in [0.3, 0.4) is 0 Å². The summed E-state index contributed by atoms with van der Waals surface area (Å²) in [5, 5.41) is 7.55. The standard InChI is InChI=1S/C32H34N10O3/c1-21-14-22(7-8-26(21)45-24-9-13-42-28(15-24)34-20-36-42)37-31-30-25(33-19-35-31)16-27-32(38-30)40-11-5-12-41(23(17-40)18-44-27)29(43)6-4-10-39(2)3/h4,6-9,13-16,19-20,23H,5,10-12,17-18H2,1-3H3,(H,33,35,37)/b6-4+/t23-/m0/s1. The first-order valence-corrected chi connectivity index (χ1v) is 14.9. The second kappa shape index (κ2) is 12.0. The van der Waals surface area contributed by atoms with Gasteiger partial charge < -0.3 is 29.5 Å². The van der Waals surface area contributed by atoms with Crippen molar-refractivity contribution in [1.29, 1.82) is 0 Å². The minimum Gasteiger partial charge on any atom is -0.487 e. The monoisotopic (exact) mass is 606 g/mol. The van der Waals surface area contributed by atoms with Crippen molar-refractivity contribution in [3.8, 4) is 17.2 Å². The highest BCUT2D eigenvalue weighted by Crippen LogP contribution is 2.36. The van der Waals surface area contributed by atoms with Gasteiger partial charge in [-0.15, -0.1) is 0 Å². The lowest BCUT2D eigenvalue weighted by atomic mass is 10.2. The SMILES string of the molecule is Cc1cc(Nc2ncnc3cc4c(nc23)N2CCCN(C(=O)/C=C/CN(C)C)[C@H](CO4)C2)ccc1Oc1ccn2ncnc2c1. The predicted octanol–water partition coefficient (Wildman–Crippen LogP) is 3.83. The molecule has 0 radical (unpaired) electrons. The number of nitrogens with zero attached hydrogens (tertiary/aromatic N) is 9. The van der Waals surface area contributed by atoms with E-state index in [9.17, 15) is 4.79 Å². The number of carbonyl (C=O) groups is 1. The van der Waals surface area contributed by atoms with Gasteiger partial charge in [0.1, 0.15) is 36.3 Å². The summed E-state index contributed by atoms with van der Waals surface area (Å²) >= 11 is 0.